The van der Waals surface area contributed by atoms with Crippen molar-refractivity contribution >= 4 is 44.8 Å². The van der Waals surface area contributed by atoms with Crippen molar-refractivity contribution in [3.05, 3.63) is 50.1 Å². The van der Waals surface area contributed by atoms with E-state index in [1.807, 2.05) is 23.6 Å². The van der Waals surface area contributed by atoms with Crippen LogP contribution in [0.25, 0.3) is 0 Å². The highest BCUT2D eigenvalue weighted by atomic mass is 79.9. The summed E-state index contributed by atoms with van der Waals surface area (Å²) < 4.78 is 1.06. The van der Waals surface area contributed by atoms with E-state index in [1.54, 1.807) is 29.4 Å². The standard InChI is InChI=1S/C17H17BrN2O2S/c1-20(9-11-7-15(18)23-10-11)17(22)13-5-6-14-12(8-13)3-2-4-16(21)19-14/h5-8,10H,2-4,9H2,1H3,(H,19,21). The molecule has 1 N–H and O–H groups in total. The zero-order chi connectivity index (χ0) is 16.4. The minimum Gasteiger partial charge on any atom is -0.337 e. The number of nitrogens with one attached hydrogen (secondary N) is 1. The summed E-state index contributed by atoms with van der Waals surface area (Å²) in [4.78, 5) is 25.9. The second kappa shape index (κ2) is 6.84. The smallest absolute Gasteiger partial charge is 0.253 e. The number of carbonyl (C=O) groups excluding carboxylic acids is 2. The molecule has 120 valence electrons. The number of anilines is 1. The summed E-state index contributed by atoms with van der Waals surface area (Å²) in [7, 11) is 1.81. The largest absolute Gasteiger partial charge is 0.337 e. The number of hydrogen-bond donors (Lipinski definition) is 1. The lowest BCUT2D eigenvalue weighted by atomic mass is 10.0. The van der Waals surface area contributed by atoms with E-state index < -0.39 is 0 Å². The van der Waals surface area contributed by atoms with Crippen LogP contribution in [0.15, 0.2) is 33.4 Å². The minimum absolute atomic E-state index is 0.00861. The first-order chi connectivity index (χ1) is 11.0. The second-order valence-electron chi connectivity index (χ2n) is 5.69. The lowest BCUT2D eigenvalue weighted by Crippen LogP contribution is -2.26. The van der Waals surface area contributed by atoms with Crippen LogP contribution in [0.4, 0.5) is 5.69 Å². The molecule has 2 heterocycles. The van der Waals surface area contributed by atoms with Crippen molar-refractivity contribution in [2.24, 2.45) is 0 Å². The van der Waals surface area contributed by atoms with Gasteiger partial charge in [-0.05, 0) is 69.5 Å². The van der Waals surface area contributed by atoms with Gasteiger partial charge in [0.2, 0.25) is 5.91 Å². The number of rotatable bonds is 3. The summed E-state index contributed by atoms with van der Waals surface area (Å²) in [5.74, 6) is 0.0358. The van der Waals surface area contributed by atoms with Gasteiger partial charge in [-0.1, -0.05) is 0 Å². The molecule has 23 heavy (non-hydrogen) atoms. The molecule has 0 unspecified atom stereocenters. The summed E-state index contributed by atoms with van der Waals surface area (Å²) >= 11 is 5.05. The molecular formula is C17H17BrN2O2S. The number of hydrogen-bond acceptors (Lipinski definition) is 3. The molecule has 1 aromatic carbocycles. The average molecular weight is 393 g/mol. The normalized spacial score (nSPS) is 13.9. The summed E-state index contributed by atoms with van der Waals surface area (Å²) in [6.45, 7) is 0.578. The van der Waals surface area contributed by atoms with Crippen LogP contribution >= 0.6 is 27.3 Å². The number of amides is 2. The Balaban J connectivity index is 1.77. The van der Waals surface area contributed by atoms with Crippen molar-refractivity contribution in [3.63, 3.8) is 0 Å². The van der Waals surface area contributed by atoms with Crippen LogP contribution in [0.5, 0.6) is 0 Å². The molecule has 0 atom stereocenters. The van der Waals surface area contributed by atoms with Gasteiger partial charge in [0.1, 0.15) is 0 Å². The molecule has 1 aliphatic heterocycles. The van der Waals surface area contributed by atoms with Crippen LogP contribution < -0.4 is 5.32 Å². The third kappa shape index (κ3) is 3.82. The first-order valence-corrected chi connectivity index (χ1v) is 9.11. The quantitative estimate of drug-likeness (QED) is 0.855. The zero-order valence-corrected chi connectivity index (χ0v) is 15.2. The van der Waals surface area contributed by atoms with E-state index in [0.717, 1.165) is 33.4 Å². The lowest BCUT2D eigenvalue weighted by Gasteiger charge is -2.17. The van der Waals surface area contributed by atoms with Gasteiger partial charge in [-0.2, -0.15) is 0 Å². The van der Waals surface area contributed by atoms with Gasteiger partial charge in [0.25, 0.3) is 5.91 Å². The maximum Gasteiger partial charge on any atom is 0.253 e. The van der Waals surface area contributed by atoms with Crippen LogP contribution in [0.2, 0.25) is 0 Å². The summed E-state index contributed by atoms with van der Waals surface area (Å²) in [6.07, 6.45) is 2.16. The number of nitrogens with zero attached hydrogens (tertiary/aromatic N) is 1. The van der Waals surface area contributed by atoms with Crippen LogP contribution in [0, 0.1) is 0 Å². The molecule has 1 aliphatic rings. The molecule has 0 saturated heterocycles. The fraction of sp³-hybridized carbons (Fsp3) is 0.294. The van der Waals surface area contributed by atoms with E-state index in [0.29, 0.717) is 18.5 Å². The Labute approximate surface area is 147 Å². The number of thiophene rings is 1. The lowest BCUT2D eigenvalue weighted by molar-refractivity contribution is -0.116. The molecule has 2 aromatic rings. The number of benzene rings is 1. The topological polar surface area (TPSA) is 49.4 Å². The minimum atomic E-state index is -0.00861. The maximum absolute atomic E-state index is 12.6. The molecule has 0 radical (unpaired) electrons. The molecule has 6 heteroatoms. The molecular weight excluding hydrogens is 376 g/mol. The molecule has 0 fully saturated rings. The predicted molar refractivity (Wildman–Crippen MR) is 95.8 cm³/mol. The third-order valence-corrected chi connectivity index (χ3v) is 5.42. The van der Waals surface area contributed by atoms with Crippen LogP contribution in [-0.4, -0.2) is 23.8 Å². The summed E-state index contributed by atoms with van der Waals surface area (Å²) in [5.41, 5.74) is 3.64. The first-order valence-electron chi connectivity index (χ1n) is 7.44. The van der Waals surface area contributed by atoms with Crippen molar-refractivity contribution in [1.29, 1.82) is 0 Å². The van der Waals surface area contributed by atoms with Crippen molar-refractivity contribution in [1.82, 2.24) is 4.90 Å². The predicted octanol–water partition coefficient (Wildman–Crippen LogP) is 4.06. The first kappa shape index (κ1) is 16.2. The Hall–Kier alpha value is -1.66. The Morgan fingerprint density at radius 3 is 2.91 bits per heavy atom. The Kier molecular flexibility index (Phi) is 4.82. The molecule has 0 bridgehead atoms. The van der Waals surface area contributed by atoms with Gasteiger partial charge in [-0.15, -0.1) is 11.3 Å². The van der Waals surface area contributed by atoms with Gasteiger partial charge in [0, 0.05) is 31.3 Å². The Bertz CT molecular complexity index is 757. The van der Waals surface area contributed by atoms with Crippen molar-refractivity contribution in [3.8, 4) is 0 Å². The fourth-order valence-electron chi connectivity index (χ4n) is 2.70. The third-order valence-electron chi connectivity index (χ3n) is 3.86. The highest BCUT2D eigenvalue weighted by Crippen LogP contribution is 2.25. The SMILES string of the molecule is CN(Cc1csc(Br)c1)C(=O)c1ccc2c(c1)CCCC(=O)N2. The van der Waals surface area contributed by atoms with Gasteiger partial charge >= 0.3 is 0 Å². The molecule has 1 aromatic heterocycles. The fourth-order valence-corrected chi connectivity index (χ4v) is 3.90. The van der Waals surface area contributed by atoms with E-state index in [1.165, 1.54) is 0 Å². The van der Waals surface area contributed by atoms with E-state index >= 15 is 0 Å². The van der Waals surface area contributed by atoms with Crippen LogP contribution in [0.3, 0.4) is 0 Å². The van der Waals surface area contributed by atoms with Crippen LogP contribution in [0.1, 0.15) is 34.3 Å². The van der Waals surface area contributed by atoms with Crippen molar-refractivity contribution < 1.29 is 9.59 Å². The van der Waals surface area contributed by atoms with Crippen molar-refractivity contribution in [2.75, 3.05) is 12.4 Å². The zero-order valence-electron chi connectivity index (χ0n) is 12.8. The van der Waals surface area contributed by atoms with Crippen molar-refractivity contribution in [2.45, 2.75) is 25.8 Å². The van der Waals surface area contributed by atoms with E-state index in [-0.39, 0.29) is 11.8 Å². The van der Waals surface area contributed by atoms with Gasteiger partial charge in [-0.25, -0.2) is 0 Å². The average Bonchev–Trinajstić information content (AvgIpc) is 2.83. The molecule has 0 spiro atoms. The summed E-state index contributed by atoms with van der Waals surface area (Å²) in [5, 5.41) is 4.93. The molecule has 3 rings (SSSR count). The highest BCUT2D eigenvalue weighted by molar-refractivity contribution is 9.11. The number of aryl methyl sites for hydroxylation is 1. The number of carbonyl (C=O) groups is 2. The van der Waals surface area contributed by atoms with Gasteiger partial charge in [0.05, 0.1) is 3.79 Å². The molecule has 4 nitrogen and oxygen atoms in total. The number of fused-ring (bicyclic) bond motifs is 1. The van der Waals surface area contributed by atoms with Crippen LogP contribution in [-0.2, 0) is 17.8 Å². The van der Waals surface area contributed by atoms with E-state index in [9.17, 15) is 9.59 Å². The van der Waals surface area contributed by atoms with E-state index in [4.69, 9.17) is 0 Å². The maximum atomic E-state index is 12.6. The molecule has 0 saturated carbocycles. The van der Waals surface area contributed by atoms with Gasteiger partial charge in [-0.3, -0.25) is 9.59 Å². The highest BCUT2D eigenvalue weighted by Gasteiger charge is 2.17. The van der Waals surface area contributed by atoms with Gasteiger partial charge in [0.15, 0.2) is 0 Å². The Morgan fingerprint density at radius 2 is 2.17 bits per heavy atom. The monoisotopic (exact) mass is 392 g/mol. The van der Waals surface area contributed by atoms with Gasteiger partial charge < -0.3 is 10.2 Å². The Morgan fingerprint density at radius 1 is 1.35 bits per heavy atom. The summed E-state index contributed by atoms with van der Waals surface area (Å²) in [6, 6.07) is 7.55. The van der Waals surface area contributed by atoms with E-state index in [2.05, 4.69) is 21.2 Å². The molecule has 0 aliphatic carbocycles. The second-order valence-corrected chi connectivity index (χ2v) is 7.98. The number of halogens is 1. The molecule has 2 amide bonds.